The van der Waals surface area contributed by atoms with Gasteiger partial charge in [-0.05, 0) is 36.2 Å². The Bertz CT molecular complexity index is 1080. The van der Waals surface area contributed by atoms with Crippen molar-refractivity contribution in [2.75, 3.05) is 0 Å². The van der Waals surface area contributed by atoms with E-state index in [0.29, 0.717) is 11.7 Å². The van der Waals surface area contributed by atoms with E-state index in [4.69, 9.17) is 8.94 Å². The van der Waals surface area contributed by atoms with Crippen LogP contribution in [-0.4, -0.2) is 31.0 Å². The summed E-state index contributed by atoms with van der Waals surface area (Å²) in [6.45, 7) is 3.92. The Morgan fingerprint density at radius 2 is 2.11 bits per heavy atom. The molecule has 1 N–H and O–H groups in total. The third-order valence-corrected chi connectivity index (χ3v) is 4.27. The van der Waals surface area contributed by atoms with Gasteiger partial charge in [0, 0.05) is 12.6 Å². The molecular weight excluding hydrogens is 348 g/mol. The van der Waals surface area contributed by atoms with Crippen molar-refractivity contribution in [3.8, 4) is 11.4 Å². The largest absolute Gasteiger partial charge is 0.459 e. The lowest BCUT2D eigenvalue weighted by Crippen LogP contribution is -2.31. The molecule has 0 fully saturated rings. The fourth-order valence-electron chi connectivity index (χ4n) is 2.79. The van der Waals surface area contributed by atoms with Crippen molar-refractivity contribution >= 4 is 16.9 Å². The van der Waals surface area contributed by atoms with Crippen molar-refractivity contribution in [2.45, 2.75) is 19.9 Å². The Labute approximate surface area is 154 Å². The molecule has 1 atom stereocenters. The molecule has 0 spiro atoms. The smallest absolute Gasteiger partial charge is 0.287 e. The molecule has 9 heteroatoms. The lowest BCUT2D eigenvalue weighted by Gasteiger charge is -2.17. The second-order valence-electron chi connectivity index (χ2n) is 6.55. The zero-order valence-corrected chi connectivity index (χ0v) is 15.1. The van der Waals surface area contributed by atoms with Gasteiger partial charge >= 0.3 is 0 Å². The Morgan fingerprint density at radius 3 is 2.85 bits per heavy atom. The molecule has 0 bridgehead atoms. The summed E-state index contributed by atoms with van der Waals surface area (Å²) in [4.78, 5) is 16.8. The Kier molecular flexibility index (Phi) is 4.19. The minimum absolute atomic E-state index is 0.0414. The van der Waals surface area contributed by atoms with Crippen molar-refractivity contribution in [2.24, 2.45) is 13.0 Å². The first-order valence-electron chi connectivity index (χ1n) is 8.50. The Hall–Kier alpha value is -3.49. The average molecular weight is 366 g/mol. The second kappa shape index (κ2) is 6.67. The number of nitrogens with one attached hydrogen (secondary N) is 1. The van der Waals surface area contributed by atoms with Gasteiger partial charge in [0.2, 0.25) is 11.7 Å². The van der Waals surface area contributed by atoms with Gasteiger partial charge in [-0.15, -0.1) is 5.10 Å². The topological polar surface area (TPSA) is 112 Å². The van der Waals surface area contributed by atoms with Gasteiger partial charge in [0.05, 0.1) is 11.8 Å². The fraction of sp³-hybridized carbons (Fsp3) is 0.278. The molecule has 1 aromatic carbocycles. The first-order valence-corrected chi connectivity index (χ1v) is 8.50. The number of hydrogen-bond acceptors (Lipinski definition) is 7. The van der Waals surface area contributed by atoms with E-state index < -0.39 is 6.04 Å². The third kappa shape index (κ3) is 3.19. The lowest BCUT2D eigenvalue weighted by atomic mass is 10.0. The maximum atomic E-state index is 12.3. The van der Waals surface area contributed by atoms with E-state index in [1.807, 2.05) is 39.1 Å². The van der Waals surface area contributed by atoms with Gasteiger partial charge in [0.25, 0.3) is 5.91 Å². The zero-order chi connectivity index (χ0) is 19.0. The summed E-state index contributed by atoms with van der Waals surface area (Å²) < 4.78 is 12.3. The van der Waals surface area contributed by atoms with Crippen molar-refractivity contribution in [3.05, 3.63) is 48.2 Å². The summed E-state index contributed by atoms with van der Waals surface area (Å²) in [6, 6.07) is 8.45. The standard InChI is InChI=1S/C18H18N6O3/c1-10(2)15(19-17(25)14-5-4-8-26-14)18-20-16(22-27-18)11-6-7-13-12(9-11)21-23-24(13)3/h4-10,15H,1-3H3,(H,19,25). The van der Waals surface area contributed by atoms with Gasteiger partial charge in [-0.25, -0.2) is 4.68 Å². The van der Waals surface area contributed by atoms with Crippen LogP contribution in [0.25, 0.3) is 22.4 Å². The van der Waals surface area contributed by atoms with Crippen molar-refractivity contribution in [1.29, 1.82) is 0 Å². The predicted molar refractivity (Wildman–Crippen MR) is 95.6 cm³/mol. The molecule has 4 aromatic rings. The number of fused-ring (bicyclic) bond motifs is 1. The highest BCUT2D eigenvalue weighted by Crippen LogP contribution is 2.25. The van der Waals surface area contributed by atoms with Gasteiger partial charge in [-0.3, -0.25) is 4.79 Å². The van der Waals surface area contributed by atoms with Crippen LogP contribution in [0.15, 0.2) is 45.5 Å². The molecule has 0 aliphatic carbocycles. The lowest BCUT2D eigenvalue weighted by molar-refractivity contribution is 0.0885. The summed E-state index contributed by atoms with van der Waals surface area (Å²) in [5.74, 6) is 0.696. The monoisotopic (exact) mass is 366 g/mol. The number of rotatable bonds is 5. The number of nitrogens with zero attached hydrogens (tertiary/aromatic N) is 5. The maximum Gasteiger partial charge on any atom is 0.287 e. The number of benzene rings is 1. The quantitative estimate of drug-likeness (QED) is 0.578. The summed E-state index contributed by atoms with van der Waals surface area (Å²) in [6.07, 6.45) is 1.45. The number of carbonyl (C=O) groups is 1. The Morgan fingerprint density at radius 1 is 1.26 bits per heavy atom. The molecule has 138 valence electrons. The molecule has 1 unspecified atom stereocenters. The molecule has 9 nitrogen and oxygen atoms in total. The molecule has 0 radical (unpaired) electrons. The van der Waals surface area contributed by atoms with E-state index in [9.17, 15) is 4.79 Å². The van der Waals surface area contributed by atoms with Crippen LogP contribution in [0.2, 0.25) is 0 Å². The number of aromatic nitrogens is 5. The normalized spacial score (nSPS) is 12.6. The highest BCUT2D eigenvalue weighted by molar-refractivity contribution is 5.91. The summed E-state index contributed by atoms with van der Waals surface area (Å²) in [5, 5.41) is 15.0. The van der Waals surface area contributed by atoms with E-state index in [1.165, 1.54) is 6.26 Å². The van der Waals surface area contributed by atoms with Crippen LogP contribution in [0.1, 0.15) is 36.3 Å². The van der Waals surface area contributed by atoms with Crippen LogP contribution in [-0.2, 0) is 7.05 Å². The molecule has 0 aliphatic heterocycles. The summed E-state index contributed by atoms with van der Waals surface area (Å²) >= 11 is 0. The number of hydrogen-bond donors (Lipinski definition) is 1. The predicted octanol–water partition coefficient (Wildman–Crippen LogP) is 2.74. The number of carbonyl (C=O) groups excluding carboxylic acids is 1. The van der Waals surface area contributed by atoms with Crippen LogP contribution >= 0.6 is 0 Å². The third-order valence-electron chi connectivity index (χ3n) is 4.27. The molecule has 1 amide bonds. The molecule has 0 aliphatic rings. The van der Waals surface area contributed by atoms with Gasteiger partial charge in [-0.2, -0.15) is 4.98 Å². The van der Waals surface area contributed by atoms with Gasteiger partial charge < -0.3 is 14.3 Å². The summed E-state index contributed by atoms with van der Waals surface area (Å²) in [7, 11) is 1.83. The molecular formula is C18H18N6O3. The van der Waals surface area contributed by atoms with Gasteiger partial charge in [-0.1, -0.05) is 24.2 Å². The minimum Gasteiger partial charge on any atom is -0.459 e. The van der Waals surface area contributed by atoms with Crippen molar-refractivity contribution in [1.82, 2.24) is 30.5 Å². The maximum absolute atomic E-state index is 12.3. The van der Waals surface area contributed by atoms with Crippen LogP contribution in [0.5, 0.6) is 0 Å². The molecule has 4 rings (SSSR count). The van der Waals surface area contributed by atoms with Crippen molar-refractivity contribution in [3.63, 3.8) is 0 Å². The van der Waals surface area contributed by atoms with E-state index in [0.717, 1.165) is 16.6 Å². The molecule has 27 heavy (non-hydrogen) atoms. The van der Waals surface area contributed by atoms with Crippen LogP contribution in [0, 0.1) is 5.92 Å². The highest BCUT2D eigenvalue weighted by Gasteiger charge is 2.26. The van der Waals surface area contributed by atoms with E-state index in [2.05, 4.69) is 25.8 Å². The zero-order valence-electron chi connectivity index (χ0n) is 15.1. The molecule has 0 saturated heterocycles. The minimum atomic E-state index is -0.441. The highest BCUT2D eigenvalue weighted by atomic mass is 16.5. The van der Waals surface area contributed by atoms with E-state index >= 15 is 0 Å². The van der Waals surface area contributed by atoms with Crippen molar-refractivity contribution < 1.29 is 13.7 Å². The molecule has 3 aromatic heterocycles. The fourth-order valence-corrected chi connectivity index (χ4v) is 2.79. The number of aryl methyl sites for hydroxylation is 1. The van der Waals surface area contributed by atoms with Crippen LogP contribution in [0.3, 0.4) is 0 Å². The first kappa shape index (κ1) is 17.0. The van der Waals surface area contributed by atoms with E-state index in [-0.39, 0.29) is 17.6 Å². The number of amides is 1. The first-order chi connectivity index (χ1) is 13.0. The number of furan rings is 1. The van der Waals surface area contributed by atoms with Crippen LogP contribution < -0.4 is 5.32 Å². The Balaban J connectivity index is 1.61. The van der Waals surface area contributed by atoms with Gasteiger partial charge in [0.15, 0.2) is 5.76 Å². The SMILES string of the molecule is CC(C)C(NC(=O)c1ccco1)c1nc(-c2ccc3c(c2)nnn3C)no1. The van der Waals surface area contributed by atoms with E-state index in [1.54, 1.807) is 16.8 Å². The average Bonchev–Trinajstić information content (AvgIpc) is 3.40. The van der Waals surface area contributed by atoms with Gasteiger partial charge in [0.1, 0.15) is 11.6 Å². The summed E-state index contributed by atoms with van der Waals surface area (Å²) in [5.41, 5.74) is 2.42. The van der Waals surface area contributed by atoms with Crippen LogP contribution in [0.4, 0.5) is 0 Å². The molecule has 0 saturated carbocycles. The molecule has 3 heterocycles. The second-order valence-corrected chi connectivity index (χ2v) is 6.55.